The summed E-state index contributed by atoms with van der Waals surface area (Å²) in [7, 11) is 0. The lowest BCUT2D eigenvalue weighted by atomic mass is 9.87. The van der Waals surface area contributed by atoms with Crippen LogP contribution in [0.4, 0.5) is 0 Å². The standard InChI is InChI=1S/C17H20O/c1-17(2,3)15-10-7-11-16(12-15)18-13-14-8-5-4-6-9-14/h4-12H,13H2,1-3H3. The predicted molar refractivity (Wildman–Crippen MR) is 75.9 cm³/mol. The third-order valence-electron chi connectivity index (χ3n) is 2.95. The molecule has 1 nitrogen and oxygen atoms in total. The summed E-state index contributed by atoms with van der Waals surface area (Å²) in [4.78, 5) is 0. The van der Waals surface area contributed by atoms with Gasteiger partial charge in [0.1, 0.15) is 12.4 Å². The Kier molecular flexibility index (Phi) is 3.71. The molecule has 0 atom stereocenters. The van der Waals surface area contributed by atoms with Gasteiger partial charge in [0.25, 0.3) is 0 Å². The van der Waals surface area contributed by atoms with Crippen LogP contribution in [0.3, 0.4) is 0 Å². The van der Waals surface area contributed by atoms with E-state index in [1.165, 1.54) is 11.1 Å². The van der Waals surface area contributed by atoms with Crippen LogP contribution >= 0.6 is 0 Å². The maximum Gasteiger partial charge on any atom is 0.120 e. The molecule has 0 N–H and O–H groups in total. The van der Waals surface area contributed by atoms with Crippen molar-refractivity contribution in [2.75, 3.05) is 0 Å². The van der Waals surface area contributed by atoms with Gasteiger partial charge in [-0.1, -0.05) is 63.2 Å². The fraction of sp³-hybridized carbons (Fsp3) is 0.294. The number of ether oxygens (including phenoxy) is 1. The van der Waals surface area contributed by atoms with Gasteiger partial charge in [-0.25, -0.2) is 0 Å². The van der Waals surface area contributed by atoms with E-state index >= 15 is 0 Å². The third-order valence-corrected chi connectivity index (χ3v) is 2.95. The Morgan fingerprint density at radius 3 is 2.28 bits per heavy atom. The van der Waals surface area contributed by atoms with Gasteiger partial charge in [0, 0.05) is 0 Å². The molecule has 0 heterocycles. The molecule has 0 amide bonds. The van der Waals surface area contributed by atoms with E-state index in [1.807, 2.05) is 24.3 Å². The van der Waals surface area contributed by atoms with Gasteiger partial charge in [-0.3, -0.25) is 0 Å². The van der Waals surface area contributed by atoms with Gasteiger partial charge in [0.15, 0.2) is 0 Å². The van der Waals surface area contributed by atoms with Crippen molar-refractivity contribution in [3.63, 3.8) is 0 Å². The maximum absolute atomic E-state index is 5.83. The molecule has 0 bridgehead atoms. The summed E-state index contributed by atoms with van der Waals surface area (Å²) in [6.45, 7) is 7.25. The van der Waals surface area contributed by atoms with Crippen molar-refractivity contribution >= 4 is 0 Å². The van der Waals surface area contributed by atoms with Crippen molar-refractivity contribution in [3.05, 3.63) is 65.7 Å². The lowest BCUT2D eigenvalue weighted by Crippen LogP contribution is -2.10. The topological polar surface area (TPSA) is 9.23 Å². The van der Waals surface area contributed by atoms with Crippen LogP contribution in [0.1, 0.15) is 31.9 Å². The normalized spacial score (nSPS) is 11.3. The van der Waals surface area contributed by atoms with E-state index in [-0.39, 0.29) is 5.41 Å². The van der Waals surface area contributed by atoms with Crippen molar-refractivity contribution in [3.8, 4) is 5.75 Å². The van der Waals surface area contributed by atoms with Gasteiger partial charge in [0.2, 0.25) is 0 Å². The smallest absolute Gasteiger partial charge is 0.120 e. The van der Waals surface area contributed by atoms with Crippen molar-refractivity contribution in [1.29, 1.82) is 0 Å². The predicted octanol–water partition coefficient (Wildman–Crippen LogP) is 4.56. The molecule has 2 rings (SSSR count). The molecular weight excluding hydrogens is 220 g/mol. The zero-order chi connectivity index (χ0) is 13.0. The zero-order valence-corrected chi connectivity index (χ0v) is 11.3. The molecule has 0 saturated carbocycles. The van der Waals surface area contributed by atoms with Crippen LogP contribution in [-0.2, 0) is 12.0 Å². The lowest BCUT2D eigenvalue weighted by Gasteiger charge is -2.19. The fourth-order valence-corrected chi connectivity index (χ4v) is 1.79. The molecule has 0 unspecified atom stereocenters. The van der Waals surface area contributed by atoms with Crippen LogP contribution in [0.25, 0.3) is 0 Å². The lowest BCUT2D eigenvalue weighted by molar-refractivity contribution is 0.305. The SMILES string of the molecule is CC(C)(C)c1cccc(OCc2ccccc2)c1. The van der Waals surface area contributed by atoms with Crippen LogP contribution in [0, 0.1) is 0 Å². The molecular formula is C17H20O. The Bertz CT molecular complexity index is 495. The van der Waals surface area contributed by atoms with E-state index in [2.05, 4.69) is 51.1 Å². The first-order valence-electron chi connectivity index (χ1n) is 6.33. The van der Waals surface area contributed by atoms with Gasteiger partial charge in [-0.2, -0.15) is 0 Å². The molecule has 94 valence electrons. The van der Waals surface area contributed by atoms with E-state index in [9.17, 15) is 0 Å². The van der Waals surface area contributed by atoms with Crippen molar-refractivity contribution in [1.82, 2.24) is 0 Å². The number of hydrogen-bond donors (Lipinski definition) is 0. The molecule has 0 radical (unpaired) electrons. The molecule has 18 heavy (non-hydrogen) atoms. The van der Waals surface area contributed by atoms with Crippen LogP contribution in [0.15, 0.2) is 54.6 Å². The first-order chi connectivity index (χ1) is 8.55. The van der Waals surface area contributed by atoms with Crippen LogP contribution in [-0.4, -0.2) is 0 Å². The minimum atomic E-state index is 0.159. The van der Waals surface area contributed by atoms with E-state index in [1.54, 1.807) is 0 Å². The number of benzene rings is 2. The molecule has 0 aliphatic carbocycles. The highest BCUT2D eigenvalue weighted by Crippen LogP contribution is 2.25. The van der Waals surface area contributed by atoms with Gasteiger partial charge in [-0.05, 0) is 28.7 Å². The zero-order valence-electron chi connectivity index (χ0n) is 11.3. The summed E-state index contributed by atoms with van der Waals surface area (Å²) in [5.41, 5.74) is 2.65. The molecule has 0 saturated heterocycles. The molecule has 1 heteroatoms. The quantitative estimate of drug-likeness (QED) is 0.764. The minimum absolute atomic E-state index is 0.159. The van der Waals surface area contributed by atoms with Crippen molar-refractivity contribution in [2.24, 2.45) is 0 Å². The van der Waals surface area contributed by atoms with Crippen LogP contribution < -0.4 is 4.74 Å². The highest BCUT2D eigenvalue weighted by molar-refractivity contribution is 5.32. The Morgan fingerprint density at radius 2 is 1.61 bits per heavy atom. The Labute approximate surface area is 109 Å². The second kappa shape index (κ2) is 5.26. The molecule has 0 spiro atoms. The summed E-state index contributed by atoms with van der Waals surface area (Å²) >= 11 is 0. The van der Waals surface area contributed by atoms with E-state index < -0.39 is 0 Å². The van der Waals surface area contributed by atoms with Crippen LogP contribution in [0.5, 0.6) is 5.75 Å². The second-order valence-electron chi connectivity index (χ2n) is 5.55. The molecule has 0 fully saturated rings. The third kappa shape index (κ3) is 3.36. The molecule has 0 aliphatic rings. The van der Waals surface area contributed by atoms with E-state index in [0.717, 1.165) is 5.75 Å². The molecule has 0 aromatic heterocycles. The summed E-state index contributed by atoms with van der Waals surface area (Å²) in [6, 6.07) is 18.6. The van der Waals surface area contributed by atoms with Crippen molar-refractivity contribution in [2.45, 2.75) is 32.8 Å². The molecule has 2 aromatic carbocycles. The highest BCUT2D eigenvalue weighted by Gasteiger charge is 2.13. The average Bonchev–Trinajstić information content (AvgIpc) is 2.37. The second-order valence-corrected chi connectivity index (χ2v) is 5.55. The summed E-state index contributed by atoms with van der Waals surface area (Å²) in [5, 5.41) is 0. The number of rotatable bonds is 3. The summed E-state index contributed by atoms with van der Waals surface area (Å²) in [5.74, 6) is 0.936. The number of hydrogen-bond acceptors (Lipinski definition) is 1. The first-order valence-corrected chi connectivity index (χ1v) is 6.33. The van der Waals surface area contributed by atoms with Crippen molar-refractivity contribution < 1.29 is 4.74 Å². The Hall–Kier alpha value is -1.76. The van der Waals surface area contributed by atoms with Gasteiger partial charge in [0.05, 0.1) is 0 Å². The largest absolute Gasteiger partial charge is 0.489 e. The van der Waals surface area contributed by atoms with E-state index in [4.69, 9.17) is 4.74 Å². The molecule has 0 aliphatic heterocycles. The van der Waals surface area contributed by atoms with Crippen LogP contribution in [0.2, 0.25) is 0 Å². The summed E-state index contributed by atoms with van der Waals surface area (Å²) in [6.07, 6.45) is 0. The summed E-state index contributed by atoms with van der Waals surface area (Å²) < 4.78 is 5.83. The Morgan fingerprint density at radius 1 is 0.889 bits per heavy atom. The maximum atomic E-state index is 5.83. The van der Waals surface area contributed by atoms with E-state index in [0.29, 0.717) is 6.61 Å². The van der Waals surface area contributed by atoms with Gasteiger partial charge < -0.3 is 4.74 Å². The first kappa shape index (κ1) is 12.7. The minimum Gasteiger partial charge on any atom is -0.489 e. The average molecular weight is 240 g/mol. The monoisotopic (exact) mass is 240 g/mol. The fourth-order valence-electron chi connectivity index (χ4n) is 1.79. The Balaban J connectivity index is 2.06. The molecule has 2 aromatic rings. The highest BCUT2D eigenvalue weighted by atomic mass is 16.5. The van der Waals surface area contributed by atoms with Gasteiger partial charge >= 0.3 is 0 Å². The van der Waals surface area contributed by atoms with Gasteiger partial charge in [-0.15, -0.1) is 0 Å².